The standard InChI is InChI=1S/C11H13N3O5/c1-13-9(15)3-2-7(12-13)10(16)14-4-5-19-8(6-14)11(17)18/h2-3,8H,4-6H2,1H3,(H,17,18). The molecule has 8 heteroatoms. The van der Waals surface area contributed by atoms with Crippen molar-refractivity contribution in [3.05, 3.63) is 28.2 Å². The van der Waals surface area contributed by atoms with Gasteiger partial charge in [0, 0.05) is 19.7 Å². The third-order valence-electron chi connectivity index (χ3n) is 2.81. The van der Waals surface area contributed by atoms with Crippen LogP contribution < -0.4 is 5.56 Å². The molecule has 1 aromatic rings. The molecule has 1 unspecified atom stereocenters. The van der Waals surface area contributed by atoms with Gasteiger partial charge in [0.05, 0.1) is 13.2 Å². The van der Waals surface area contributed by atoms with Gasteiger partial charge in [-0.25, -0.2) is 9.48 Å². The molecule has 0 spiro atoms. The van der Waals surface area contributed by atoms with Crippen molar-refractivity contribution in [3.63, 3.8) is 0 Å². The van der Waals surface area contributed by atoms with Gasteiger partial charge in [0.2, 0.25) is 0 Å². The van der Waals surface area contributed by atoms with E-state index in [1.807, 2.05) is 0 Å². The van der Waals surface area contributed by atoms with E-state index in [9.17, 15) is 14.4 Å². The molecule has 1 aliphatic rings. The maximum atomic E-state index is 12.1. The summed E-state index contributed by atoms with van der Waals surface area (Å²) in [5, 5.41) is 12.7. The fourth-order valence-corrected chi connectivity index (χ4v) is 1.76. The zero-order valence-electron chi connectivity index (χ0n) is 10.3. The maximum Gasteiger partial charge on any atom is 0.334 e. The van der Waals surface area contributed by atoms with Crippen LogP contribution in [-0.2, 0) is 16.6 Å². The Hall–Kier alpha value is -2.22. The first-order chi connectivity index (χ1) is 8.99. The van der Waals surface area contributed by atoms with Crippen LogP contribution >= 0.6 is 0 Å². The molecule has 102 valence electrons. The minimum Gasteiger partial charge on any atom is -0.479 e. The smallest absolute Gasteiger partial charge is 0.334 e. The predicted octanol–water partition coefficient (Wildman–Crippen LogP) is -1.29. The lowest BCUT2D eigenvalue weighted by molar-refractivity contribution is -0.154. The van der Waals surface area contributed by atoms with Crippen molar-refractivity contribution in [2.45, 2.75) is 6.10 Å². The Bertz CT molecular complexity index is 568. The van der Waals surface area contributed by atoms with Gasteiger partial charge >= 0.3 is 5.97 Å². The summed E-state index contributed by atoms with van der Waals surface area (Å²) < 4.78 is 6.09. The Balaban J connectivity index is 2.16. The molecule has 0 aliphatic carbocycles. The second-order valence-corrected chi connectivity index (χ2v) is 4.13. The average Bonchev–Trinajstić information content (AvgIpc) is 2.41. The first-order valence-corrected chi connectivity index (χ1v) is 5.67. The summed E-state index contributed by atoms with van der Waals surface area (Å²) in [6.07, 6.45) is -1.02. The first kappa shape index (κ1) is 13.2. The summed E-state index contributed by atoms with van der Waals surface area (Å²) in [6.45, 7) is 0.431. The van der Waals surface area contributed by atoms with E-state index < -0.39 is 18.0 Å². The summed E-state index contributed by atoms with van der Waals surface area (Å²) >= 11 is 0. The zero-order valence-corrected chi connectivity index (χ0v) is 10.3. The van der Waals surface area contributed by atoms with E-state index in [1.54, 1.807) is 0 Å². The highest BCUT2D eigenvalue weighted by atomic mass is 16.5. The van der Waals surface area contributed by atoms with Crippen LogP contribution in [0.1, 0.15) is 10.5 Å². The molecular formula is C11H13N3O5. The van der Waals surface area contributed by atoms with E-state index >= 15 is 0 Å². The van der Waals surface area contributed by atoms with E-state index in [1.165, 1.54) is 24.1 Å². The Morgan fingerprint density at radius 2 is 2.21 bits per heavy atom. The first-order valence-electron chi connectivity index (χ1n) is 5.67. The number of carbonyl (C=O) groups excluding carboxylic acids is 1. The van der Waals surface area contributed by atoms with Crippen LogP contribution in [0.25, 0.3) is 0 Å². The molecule has 1 aromatic heterocycles. The van der Waals surface area contributed by atoms with Crippen LogP contribution in [0.2, 0.25) is 0 Å². The number of ether oxygens (including phenoxy) is 1. The van der Waals surface area contributed by atoms with Gasteiger partial charge in [-0.15, -0.1) is 0 Å². The number of amides is 1. The number of aromatic nitrogens is 2. The number of hydrogen-bond acceptors (Lipinski definition) is 5. The molecule has 1 amide bonds. The number of carbonyl (C=O) groups is 2. The van der Waals surface area contributed by atoms with Crippen molar-refractivity contribution in [2.75, 3.05) is 19.7 Å². The van der Waals surface area contributed by atoms with Gasteiger partial charge in [0.1, 0.15) is 5.69 Å². The summed E-state index contributed by atoms with van der Waals surface area (Å²) in [5.41, 5.74) is -0.213. The zero-order chi connectivity index (χ0) is 14.0. The SMILES string of the molecule is Cn1nc(C(=O)N2CCOC(C(=O)O)C2)ccc1=O. The predicted molar refractivity (Wildman–Crippen MR) is 62.8 cm³/mol. The number of morpholine rings is 1. The second kappa shape index (κ2) is 5.19. The van der Waals surface area contributed by atoms with Crippen LogP contribution in [0.3, 0.4) is 0 Å². The normalized spacial score (nSPS) is 19.2. The largest absolute Gasteiger partial charge is 0.479 e. The Morgan fingerprint density at radius 3 is 2.84 bits per heavy atom. The summed E-state index contributed by atoms with van der Waals surface area (Å²) in [6, 6.07) is 2.57. The molecule has 1 aliphatic heterocycles. The lowest BCUT2D eigenvalue weighted by Crippen LogP contribution is -2.49. The van der Waals surface area contributed by atoms with Crippen molar-refractivity contribution in [3.8, 4) is 0 Å². The number of aryl methyl sites for hydroxylation is 1. The lowest BCUT2D eigenvalue weighted by Gasteiger charge is -2.30. The molecule has 1 saturated heterocycles. The molecule has 2 heterocycles. The molecule has 0 radical (unpaired) electrons. The van der Waals surface area contributed by atoms with Crippen LogP contribution in [-0.4, -0.2) is 57.5 Å². The second-order valence-electron chi connectivity index (χ2n) is 4.13. The van der Waals surface area contributed by atoms with Gasteiger partial charge < -0.3 is 14.7 Å². The Kier molecular flexibility index (Phi) is 3.61. The molecule has 0 bridgehead atoms. The van der Waals surface area contributed by atoms with E-state index in [4.69, 9.17) is 9.84 Å². The highest BCUT2D eigenvalue weighted by molar-refractivity contribution is 5.92. The molecule has 19 heavy (non-hydrogen) atoms. The van der Waals surface area contributed by atoms with Gasteiger partial charge in [-0.05, 0) is 6.07 Å². The molecular weight excluding hydrogens is 254 g/mol. The minimum absolute atomic E-state index is 0.0291. The molecule has 8 nitrogen and oxygen atoms in total. The van der Waals surface area contributed by atoms with Crippen molar-refractivity contribution in [2.24, 2.45) is 7.05 Å². The van der Waals surface area contributed by atoms with Gasteiger partial charge in [-0.1, -0.05) is 0 Å². The number of carboxylic acids is 1. The highest BCUT2D eigenvalue weighted by Crippen LogP contribution is 2.08. The number of hydrogen-bond donors (Lipinski definition) is 1. The summed E-state index contributed by atoms with van der Waals surface area (Å²) in [4.78, 5) is 35.5. The number of rotatable bonds is 2. The molecule has 1 fully saturated rings. The van der Waals surface area contributed by atoms with Crippen LogP contribution in [0, 0.1) is 0 Å². The molecule has 0 saturated carbocycles. The monoisotopic (exact) mass is 267 g/mol. The topological polar surface area (TPSA) is 102 Å². The molecule has 1 atom stereocenters. The van der Waals surface area contributed by atoms with Gasteiger partial charge in [0.15, 0.2) is 6.10 Å². The third kappa shape index (κ3) is 2.79. The average molecular weight is 267 g/mol. The van der Waals surface area contributed by atoms with E-state index in [-0.39, 0.29) is 24.4 Å². The fraction of sp³-hybridized carbons (Fsp3) is 0.455. The highest BCUT2D eigenvalue weighted by Gasteiger charge is 2.30. The Labute approximate surface area is 108 Å². The van der Waals surface area contributed by atoms with Crippen molar-refractivity contribution in [1.29, 1.82) is 0 Å². The molecule has 2 rings (SSSR count). The van der Waals surface area contributed by atoms with Gasteiger partial charge in [-0.2, -0.15) is 5.10 Å². The summed E-state index contributed by atoms with van der Waals surface area (Å²) in [5.74, 6) is -1.52. The molecule has 0 aromatic carbocycles. The summed E-state index contributed by atoms with van der Waals surface area (Å²) in [7, 11) is 1.44. The minimum atomic E-state index is -1.11. The van der Waals surface area contributed by atoms with Crippen LogP contribution in [0.5, 0.6) is 0 Å². The van der Waals surface area contributed by atoms with Crippen molar-refractivity contribution >= 4 is 11.9 Å². The van der Waals surface area contributed by atoms with Crippen molar-refractivity contribution < 1.29 is 19.4 Å². The molecule has 1 N–H and O–H groups in total. The van der Waals surface area contributed by atoms with E-state index in [0.717, 1.165) is 4.68 Å². The number of nitrogens with zero attached hydrogens (tertiary/aromatic N) is 3. The van der Waals surface area contributed by atoms with E-state index in [2.05, 4.69) is 5.10 Å². The van der Waals surface area contributed by atoms with Gasteiger partial charge in [0.25, 0.3) is 11.5 Å². The number of carboxylic acid groups (broad SMARTS) is 1. The fourth-order valence-electron chi connectivity index (χ4n) is 1.76. The van der Waals surface area contributed by atoms with Crippen molar-refractivity contribution in [1.82, 2.24) is 14.7 Å². The maximum absolute atomic E-state index is 12.1. The van der Waals surface area contributed by atoms with E-state index in [0.29, 0.717) is 6.54 Å². The lowest BCUT2D eigenvalue weighted by atomic mass is 10.2. The quantitative estimate of drug-likeness (QED) is 0.715. The Morgan fingerprint density at radius 1 is 1.47 bits per heavy atom. The third-order valence-corrected chi connectivity index (χ3v) is 2.81. The van der Waals surface area contributed by atoms with Crippen LogP contribution in [0.15, 0.2) is 16.9 Å². The number of aliphatic carboxylic acids is 1. The van der Waals surface area contributed by atoms with Crippen LogP contribution in [0.4, 0.5) is 0 Å². The van der Waals surface area contributed by atoms with Gasteiger partial charge in [-0.3, -0.25) is 9.59 Å².